The zero-order valence-electron chi connectivity index (χ0n) is 10.1. The van der Waals surface area contributed by atoms with Gasteiger partial charge in [0.1, 0.15) is 11.6 Å². The molecule has 0 bridgehead atoms. The molecule has 2 rings (SSSR count). The van der Waals surface area contributed by atoms with Gasteiger partial charge in [-0.25, -0.2) is 8.78 Å². The highest BCUT2D eigenvalue weighted by Crippen LogP contribution is 2.29. The topological polar surface area (TPSA) is 12.0 Å². The van der Waals surface area contributed by atoms with Crippen LogP contribution in [0.15, 0.2) is 40.9 Å². The van der Waals surface area contributed by atoms with Crippen LogP contribution in [0.2, 0.25) is 5.02 Å². The molecule has 1 nitrogen and oxygen atoms in total. The van der Waals surface area contributed by atoms with Crippen molar-refractivity contribution >= 4 is 33.2 Å². The summed E-state index contributed by atoms with van der Waals surface area (Å²) in [5.74, 6) is -1.04. The van der Waals surface area contributed by atoms with Crippen LogP contribution in [-0.4, -0.2) is 0 Å². The molecule has 1 N–H and O–H groups in total. The Kier molecular flexibility index (Phi) is 4.42. The third-order valence-corrected chi connectivity index (χ3v) is 3.71. The van der Waals surface area contributed by atoms with Gasteiger partial charge in [0.25, 0.3) is 0 Å². The number of nitrogens with one attached hydrogen (secondary N) is 1. The Labute approximate surface area is 123 Å². The summed E-state index contributed by atoms with van der Waals surface area (Å²) in [6.07, 6.45) is 0. The Balaban J connectivity index is 2.27. The van der Waals surface area contributed by atoms with Crippen molar-refractivity contribution in [2.24, 2.45) is 0 Å². The lowest BCUT2D eigenvalue weighted by molar-refractivity contribution is 0.595. The second-order valence-corrected chi connectivity index (χ2v) is 5.40. The molecule has 5 heteroatoms. The minimum absolute atomic E-state index is 0.0981. The lowest BCUT2D eigenvalue weighted by atomic mass is 10.1. The van der Waals surface area contributed by atoms with Gasteiger partial charge in [0.2, 0.25) is 0 Å². The first-order chi connectivity index (χ1) is 8.99. The van der Waals surface area contributed by atoms with Gasteiger partial charge < -0.3 is 5.32 Å². The molecule has 0 aliphatic rings. The third-order valence-electron chi connectivity index (χ3n) is 2.75. The zero-order chi connectivity index (χ0) is 14.0. The van der Waals surface area contributed by atoms with E-state index in [0.29, 0.717) is 5.02 Å². The Bertz CT molecular complexity index is 604. The molecule has 2 aromatic carbocycles. The third kappa shape index (κ3) is 3.25. The normalized spacial score (nSPS) is 12.3. The summed E-state index contributed by atoms with van der Waals surface area (Å²) in [5.41, 5.74) is 0.931. The molecule has 0 radical (unpaired) electrons. The highest BCUT2D eigenvalue weighted by molar-refractivity contribution is 9.10. The van der Waals surface area contributed by atoms with Crippen LogP contribution in [-0.2, 0) is 0 Å². The molecule has 0 saturated heterocycles. The van der Waals surface area contributed by atoms with E-state index in [0.717, 1.165) is 17.7 Å². The number of rotatable bonds is 3. The predicted octanol–water partition coefficient (Wildman–Crippen LogP) is 5.55. The molecule has 1 unspecified atom stereocenters. The fourth-order valence-electron chi connectivity index (χ4n) is 1.77. The van der Waals surface area contributed by atoms with Crippen molar-refractivity contribution < 1.29 is 8.78 Å². The van der Waals surface area contributed by atoms with Crippen molar-refractivity contribution in [1.29, 1.82) is 0 Å². The van der Waals surface area contributed by atoms with Crippen molar-refractivity contribution in [3.8, 4) is 0 Å². The predicted molar refractivity (Wildman–Crippen MR) is 77.5 cm³/mol. The minimum Gasteiger partial charge on any atom is -0.376 e. The number of hydrogen-bond donors (Lipinski definition) is 1. The zero-order valence-corrected chi connectivity index (χ0v) is 12.4. The molecular formula is C14H11BrClF2N. The number of anilines is 1. The van der Waals surface area contributed by atoms with Crippen molar-refractivity contribution in [1.82, 2.24) is 0 Å². The van der Waals surface area contributed by atoms with Crippen LogP contribution in [0.5, 0.6) is 0 Å². The van der Waals surface area contributed by atoms with Gasteiger partial charge in [-0.2, -0.15) is 0 Å². The molecule has 0 aromatic heterocycles. The molecule has 0 aliphatic heterocycles. The Hall–Kier alpha value is -1.13. The summed E-state index contributed by atoms with van der Waals surface area (Å²) in [6.45, 7) is 1.83. The van der Waals surface area contributed by atoms with E-state index in [-0.39, 0.29) is 16.2 Å². The van der Waals surface area contributed by atoms with Gasteiger partial charge in [-0.3, -0.25) is 0 Å². The molecule has 0 saturated carbocycles. The van der Waals surface area contributed by atoms with E-state index in [1.54, 1.807) is 6.07 Å². The second-order valence-electron chi connectivity index (χ2n) is 4.13. The molecule has 19 heavy (non-hydrogen) atoms. The number of hydrogen-bond acceptors (Lipinski definition) is 1. The molecule has 0 heterocycles. The maximum absolute atomic E-state index is 13.7. The van der Waals surface area contributed by atoms with E-state index in [1.165, 1.54) is 0 Å². The summed E-state index contributed by atoms with van der Waals surface area (Å²) < 4.78 is 27.2. The monoisotopic (exact) mass is 345 g/mol. The summed E-state index contributed by atoms with van der Waals surface area (Å²) >= 11 is 9.01. The lowest BCUT2D eigenvalue weighted by Crippen LogP contribution is -2.09. The number of benzene rings is 2. The van der Waals surface area contributed by atoms with Crippen molar-refractivity contribution in [2.75, 3.05) is 5.32 Å². The smallest absolute Gasteiger partial charge is 0.147 e. The van der Waals surface area contributed by atoms with Gasteiger partial charge in [0, 0.05) is 11.1 Å². The van der Waals surface area contributed by atoms with Crippen molar-refractivity contribution in [3.63, 3.8) is 0 Å². The van der Waals surface area contributed by atoms with Gasteiger partial charge in [0.05, 0.1) is 16.2 Å². The maximum Gasteiger partial charge on any atom is 0.147 e. The van der Waals surface area contributed by atoms with E-state index in [2.05, 4.69) is 21.2 Å². The first kappa shape index (κ1) is 14.3. The summed E-state index contributed by atoms with van der Waals surface area (Å²) in [5, 5.41) is 3.50. The van der Waals surface area contributed by atoms with Crippen LogP contribution in [0.4, 0.5) is 14.5 Å². The standard InChI is InChI=1S/C14H11BrClF2N/c1-8(9-4-2-3-5-11(9)16)19-14-7-12(17)10(15)6-13(14)18/h2-8,19H,1H3. The Morgan fingerprint density at radius 2 is 1.84 bits per heavy atom. The fourth-order valence-corrected chi connectivity index (χ4v) is 2.39. The van der Waals surface area contributed by atoms with Crippen LogP contribution >= 0.6 is 27.5 Å². The van der Waals surface area contributed by atoms with Crippen LogP contribution in [0.25, 0.3) is 0 Å². The highest BCUT2D eigenvalue weighted by atomic mass is 79.9. The van der Waals surface area contributed by atoms with Crippen LogP contribution in [0.3, 0.4) is 0 Å². The van der Waals surface area contributed by atoms with Gasteiger partial charge in [-0.05, 0) is 40.5 Å². The second kappa shape index (κ2) is 5.88. The molecular weight excluding hydrogens is 336 g/mol. The van der Waals surface area contributed by atoms with E-state index in [9.17, 15) is 8.78 Å². The highest BCUT2D eigenvalue weighted by Gasteiger charge is 2.13. The molecule has 1 atom stereocenters. The molecule has 0 amide bonds. The summed E-state index contributed by atoms with van der Waals surface area (Å²) in [6, 6.07) is 9.24. The van der Waals surface area contributed by atoms with Crippen LogP contribution < -0.4 is 5.32 Å². The lowest BCUT2D eigenvalue weighted by Gasteiger charge is -2.17. The van der Waals surface area contributed by atoms with Gasteiger partial charge in [-0.1, -0.05) is 29.8 Å². The Morgan fingerprint density at radius 3 is 2.53 bits per heavy atom. The molecule has 0 aliphatic carbocycles. The Morgan fingerprint density at radius 1 is 1.16 bits per heavy atom. The first-order valence-electron chi connectivity index (χ1n) is 5.64. The van der Waals surface area contributed by atoms with Crippen molar-refractivity contribution in [2.45, 2.75) is 13.0 Å². The fraction of sp³-hybridized carbons (Fsp3) is 0.143. The van der Waals surface area contributed by atoms with Gasteiger partial charge in [0.15, 0.2) is 0 Å². The molecule has 0 fully saturated rings. The molecule has 2 aromatic rings. The average Bonchev–Trinajstić information content (AvgIpc) is 2.36. The maximum atomic E-state index is 13.7. The van der Waals surface area contributed by atoms with Crippen molar-refractivity contribution in [3.05, 3.63) is 63.1 Å². The minimum atomic E-state index is -0.521. The largest absolute Gasteiger partial charge is 0.376 e. The quantitative estimate of drug-likeness (QED) is 0.718. The summed E-state index contributed by atoms with van der Waals surface area (Å²) in [4.78, 5) is 0. The van der Waals surface area contributed by atoms with E-state index < -0.39 is 11.6 Å². The number of halogens is 4. The van der Waals surface area contributed by atoms with Gasteiger partial charge in [-0.15, -0.1) is 0 Å². The van der Waals surface area contributed by atoms with Crippen LogP contribution in [0.1, 0.15) is 18.5 Å². The van der Waals surface area contributed by atoms with E-state index in [1.807, 2.05) is 25.1 Å². The molecule has 100 valence electrons. The SMILES string of the molecule is CC(Nc1cc(F)c(Br)cc1F)c1ccccc1Cl. The summed E-state index contributed by atoms with van der Waals surface area (Å²) in [7, 11) is 0. The molecule has 0 spiro atoms. The first-order valence-corrected chi connectivity index (χ1v) is 6.81. The van der Waals surface area contributed by atoms with E-state index in [4.69, 9.17) is 11.6 Å². The van der Waals surface area contributed by atoms with Crippen LogP contribution in [0, 0.1) is 11.6 Å². The van der Waals surface area contributed by atoms with E-state index >= 15 is 0 Å². The average molecular weight is 347 g/mol. The van der Waals surface area contributed by atoms with Gasteiger partial charge >= 0.3 is 0 Å².